The topological polar surface area (TPSA) is 156 Å². The van der Waals surface area contributed by atoms with Crippen molar-refractivity contribution >= 4 is 0 Å². The van der Waals surface area contributed by atoms with Gasteiger partial charge in [0.05, 0.1) is 18.8 Å². The van der Waals surface area contributed by atoms with Gasteiger partial charge in [0.1, 0.15) is 12.1 Å². The highest BCUT2D eigenvalue weighted by Crippen LogP contribution is 2.24. The van der Waals surface area contributed by atoms with Crippen LogP contribution in [0.5, 0.6) is 0 Å². The molecule has 0 aromatic heterocycles. The fourth-order valence-electron chi connectivity index (χ4n) is 1.56. The average molecular weight is 244 g/mol. The van der Waals surface area contributed by atoms with E-state index in [1.165, 1.54) is 7.11 Å². The third-order valence-electron chi connectivity index (χ3n) is 2.41. The molecule has 0 aliphatic carbocycles. The number of aliphatic hydroxyl groups is 2. The zero-order chi connectivity index (χ0) is 12.8. The van der Waals surface area contributed by atoms with Gasteiger partial charge >= 0.3 is 0 Å². The highest BCUT2D eigenvalue weighted by Gasteiger charge is 2.43. The monoisotopic (exact) mass is 244 g/mol. The molecule has 1 aliphatic rings. The molecule has 0 amide bonds. The van der Waals surface area contributed by atoms with Crippen LogP contribution < -0.4 is 0 Å². The summed E-state index contributed by atoms with van der Waals surface area (Å²) in [5.74, 6) is 0. The van der Waals surface area contributed by atoms with Gasteiger partial charge in [0, 0.05) is 16.9 Å². The summed E-state index contributed by atoms with van der Waals surface area (Å²) in [6.07, 6.45) is -4.56. The molecular formula is C7H12N6O4. The third kappa shape index (κ3) is 2.98. The number of ether oxygens (including phenoxy) is 2. The fourth-order valence-corrected chi connectivity index (χ4v) is 1.56. The van der Waals surface area contributed by atoms with Crippen molar-refractivity contribution in [3.8, 4) is 0 Å². The minimum Gasteiger partial charge on any atom is -0.390 e. The first kappa shape index (κ1) is 13.5. The largest absolute Gasteiger partial charge is 0.390 e. The van der Waals surface area contributed by atoms with E-state index in [1.54, 1.807) is 0 Å². The number of hydrogen-bond donors (Lipinski definition) is 2. The van der Waals surface area contributed by atoms with Gasteiger partial charge in [-0.25, -0.2) is 0 Å². The maximum atomic E-state index is 9.73. The van der Waals surface area contributed by atoms with Gasteiger partial charge in [0.15, 0.2) is 6.29 Å². The highest BCUT2D eigenvalue weighted by molar-refractivity contribution is 4.94. The van der Waals surface area contributed by atoms with Crippen molar-refractivity contribution in [2.75, 3.05) is 13.7 Å². The molecule has 2 unspecified atom stereocenters. The van der Waals surface area contributed by atoms with Crippen LogP contribution in [0.2, 0.25) is 0 Å². The van der Waals surface area contributed by atoms with Crippen LogP contribution in [0.25, 0.3) is 20.9 Å². The van der Waals surface area contributed by atoms with Gasteiger partial charge in [-0.15, -0.1) is 0 Å². The van der Waals surface area contributed by atoms with Crippen LogP contribution in [-0.2, 0) is 9.47 Å². The lowest BCUT2D eigenvalue weighted by atomic mass is 9.97. The fraction of sp³-hybridized carbons (Fsp3) is 1.00. The van der Waals surface area contributed by atoms with Crippen molar-refractivity contribution in [3.63, 3.8) is 0 Å². The van der Waals surface area contributed by atoms with Crippen LogP contribution in [0, 0.1) is 0 Å². The first-order chi connectivity index (χ1) is 8.15. The number of rotatable bonds is 4. The number of methoxy groups -OCH3 is 1. The van der Waals surface area contributed by atoms with Crippen LogP contribution in [0.4, 0.5) is 0 Å². The average Bonchev–Trinajstić information content (AvgIpc) is 2.34. The van der Waals surface area contributed by atoms with Crippen LogP contribution in [-0.4, -0.2) is 54.5 Å². The minimum atomic E-state index is -1.34. The molecule has 1 rings (SSSR count). The molecule has 10 nitrogen and oxygen atoms in total. The summed E-state index contributed by atoms with van der Waals surface area (Å²) in [5.41, 5.74) is 16.5. The van der Waals surface area contributed by atoms with Crippen molar-refractivity contribution in [2.24, 2.45) is 10.2 Å². The quantitative estimate of drug-likeness (QED) is 0.407. The maximum Gasteiger partial charge on any atom is 0.168 e. The van der Waals surface area contributed by atoms with E-state index in [9.17, 15) is 10.2 Å². The van der Waals surface area contributed by atoms with Crippen LogP contribution in [0.3, 0.4) is 0 Å². The first-order valence-electron chi connectivity index (χ1n) is 4.75. The van der Waals surface area contributed by atoms with Gasteiger partial charge in [-0.05, 0) is 11.1 Å². The SMILES string of the molecule is CO[C@@H]1OC(CN=[N+]=[N-])[C@H](O)[C@H](O)C1N=[N+]=[N-]. The molecule has 1 saturated heterocycles. The molecule has 1 heterocycles. The molecule has 5 atom stereocenters. The number of azide groups is 2. The summed E-state index contributed by atoms with van der Waals surface area (Å²) in [4.78, 5) is 5.07. The Balaban J connectivity index is 2.84. The van der Waals surface area contributed by atoms with E-state index in [1.807, 2.05) is 0 Å². The molecule has 0 spiro atoms. The number of hydrogen-bond acceptors (Lipinski definition) is 6. The second-order valence-electron chi connectivity index (χ2n) is 3.37. The van der Waals surface area contributed by atoms with Crippen LogP contribution in [0.1, 0.15) is 0 Å². The van der Waals surface area contributed by atoms with Crippen LogP contribution >= 0.6 is 0 Å². The Morgan fingerprint density at radius 1 is 1.29 bits per heavy atom. The second kappa shape index (κ2) is 6.26. The normalized spacial score (nSPS) is 36.8. The zero-order valence-corrected chi connectivity index (χ0v) is 8.99. The van der Waals surface area contributed by atoms with Gasteiger partial charge in [0.2, 0.25) is 0 Å². The van der Waals surface area contributed by atoms with E-state index < -0.39 is 30.6 Å². The smallest absolute Gasteiger partial charge is 0.168 e. The van der Waals surface area contributed by atoms with Crippen molar-refractivity contribution in [1.29, 1.82) is 0 Å². The molecule has 94 valence electrons. The number of aliphatic hydroxyl groups excluding tert-OH is 2. The van der Waals surface area contributed by atoms with E-state index in [2.05, 4.69) is 20.1 Å². The van der Waals surface area contributed by atoms with E-state index in [0.717, 1.165) is 0 Å². The summed E-state index contributed by atoms with van der Waals surface area (Å²) in [6.45, 7) is -0.155. The predicted molar refractivity (Wildman–Crippen MR) is 54.6 cm³/mol. The Morgan fingerprint density at radius 3 is 2.53 bits per heavy atom. The Labute approximate surface area is 96.0 Å². The summed E-state index contributed by atoms with van der Waals surface area (Å²) in [7, 11) is 1.31. The summed E-state index contributed by atoms with van der Waals surface area (Å²) >= 11 is 0. The zero-order valence-electron chi connectivity index (χ0n) is 8.99. The molecule has 0 aromatic carbocycles. The summed E-state index contributed by atoms with van der Waals surface area (Å²) in [5, 5.41) is 26.0. The van der Waals surface area contributed by atoms with Gasteiger partial charge in [-0.1, -0.05) is 10.2 Å². The summed E-state index contributed by atoms with van der Waals surface area (Å²) < 4.78 is 10.1. The van der Waals surface area contributed by atoms with E-state index in [0.29, 0.717) is 0 Å². The van der Waals surface area contributed by atoms with Gasteiger partial charge < -0.3 is 19.7 Å². The first-order valence-corrected chi connectivity index (χ1v) is 4.75. The predicted octanol–water partition coefficient (Wildman–Crippen LogP) is 0.0687. The molecule has 17 heavy (non-hydrogen) atoms. The standard InChI is InChI=1S/C7H12N6O4/c1-16-7-4(11-13-9)6(15)5(14)3(17-7)2-10-12-8/h3-7,14-15H,2H2,1H3/t3?,4?,5-,6+,7+/m0/s1. The molecule has 1 aliphatic heterocycles. The molecule has 2 N–H and O–H groups in total. The van der Waals surface area contributed by atoms with Crippen molar-refractivity contribution in [2.45, 2.75) is 30.6 Å². The van der Waals surface area contributed by atoms with Crippen molar-refractivity contribution < 1.29 is 19.7 Å². The van der Waals surface area contributed by atoms with E-state index >= 15 is 0 Å². The molecule has 10 heteroatoms. The highest BCUT2D eigenvalue weighted by atomic mass is 16.7. The number of nitrogens with zero attached hydrogens (tertiary/aromatic N) is 6. The van der Waals surface area contributed by atoms with Crippen LogP contribution in [0.15, 0.2) is 10.2 Å². The molecule has 0 bridgehead atoms. The molecule has 0 aromatic rings. The Bertz CT molecular complexity index is 348. The van der Waals surface area contributed by atoms with Gasteiger partial charge in [-0.2, -0.15) is 0 Å². The Morgan fingerprint density at radius 2 is 2.00 bits per heavy atom. The Hall–Kier alpha value is -1.54. The minimum absolute atomic E-state index is 0.155. The Kier molecular flexibility index (Phi) is 4.98. The molecule has 1 fully saturated rings. The second-order valence-corrected chi connectivity index (χ2v) is 3.37. The van der Waals surface area contributed by atoms with Crippen molar-refractivity contribution in [1.82, 2.24) is 0 Å². The molecular weight excluding hydrogens is 232 g/mol. The maximum absolute atomic E-state index is 9.73. The van der Waals surface area contributed by atoms with E-state index in [-0.39, 0.29) is 6.54 Å². The lowest BCUT2D eigenvalue weighted by Crippen LogP contribution is -2.58. The lowest BCUT2D eigenvalue weighted by molar-refractivity contribution is -0.248. The third-order valence-corrected chi connectivity index (χ3v) is 2.41. The molecule has 0 saturated carbocycles. The van der Waals surface area contributed by atoms with Gasteiger partial charge in [0.25, 0.3) is 0 Å². The lowest BCUT2D eigenvalue weighted by Gasteiger charge is -2.39. The van der Waals surface area contributed by atoms with Crippen molar-refractivity contribution in [3.05, 3.63) is 20.9 Å². The van der Waals surface area contributed by atoms with Gasteiger partial charge in [-0.3, -0.25) is 0 Å². The van der Waals surface area contributed by atoms with E-state index in [4.69, 9.17) is 20.5 Å². The summed E-state index contributed by atoms with van der Waals surface area (Å²) in [6, 6.07) is -1.05. The molecule has 0 radical (unpaired) electrons.